The van der Waals surface area contributed by atoms with E-state index in [4.69, 9.17) is 4.74 Å². The first-order valence-corrected chi connectivity index (χ1v) is 10.4. The molecule has 28 heavy (non-hydrogen) atoms. The largest absolute Gasteiger partial charge is 0.491 e. The Bertz CT molecular complexity index is 825. The third-order valence-corrected chi connectivity index (χ3v) is 5.58. The van der Waals surface area contributed by atoms with Gasteiger partial charge in [-0.25, -0.2) is 0 Å². The zero-order valence-electron chi connectivity index (χ0n) is 17.9. The van der Waals surface area contributed by atoms with Crippen molar-refractivity contribution in [3.05, 3.63) is 46.8 Å². The number of ketones is 1. The van der Waals surface area contributed by atoms with Crippen molar-refractivity contribution in [1.82, 2.24) is 14.7 Å². The second-order valence-electron chi connectivity index (χ2n) is 8.10. The van der Waals surface area contributed by atoms with Crippen LogP contribution in [0.4, 0.5) is 0 Å². The van der Waals surface area contributed by atoms with Gasteiger partial charge in [-0.3, -0.25) is 14.4 Å². The van der Waals surface area contributed by atoms with Gasteiger partial charge in [0.2, 0.25) is 0 Å². The van der Waals surface area contributed by atoms with Crippen LogP contribution in [0.25, 0.3) is 0 Å². The third-order valence-electron chi connectivity index (χ3n) is 5.58. The lowest BCUT2D eigenvalue weighted by Crippen LogP contribution is -2.38. The fourth-order valence-electron chi connectivity index (χ4n) is 4.14. The number of nitrogens with zero attached hydrogens (tertiary/aromatic N) is 3. The van der Waals surface area contributed by atoms with Crippen LogP contribution >= 0.6 is 0 Å². The minimum atomic E-state index is 0.0462. The molecule has 0 saturated carbocycles. The average molecular weight is 384 g/mol. The molecule has 0 N–H and O–H groups in total. The number of carbonyl (C=O) groups is 1. The van der Waals surface area contributed by atoms with E-state index in [1.807, 2.05) is 38.1 Å². The Morgan fingerprint density at radius 1 is 1.32 bits per heavy atom. The molecule has 5 nitrogen and oxygen atoms in total. The topological polar surface area (TPSA) is 47.4 Å². The molecule has 2 aromatic rings. The van der Waals surface area contributed by atoms with Crippen LogP contribution in [0.3, 0.4) is 0 Å². The van der Waals surface area contributed by atoms with Gasteiger partial charge in [0.1, 0.15) is 5.75 Å². The molecule has 0 radical (unpaired) electrons. The highest BCUT2D eigenvalue weighted by atomic mass is 16.5. The molecule has 0 unspecified atom stereocenters. The summed E-state index contributed by atoms with van der Waals surface area (Å²) in [6.07, 6.45) is 2.11. The van der Waals surface area contributed by atoms with E-state index in [-0.39, 0.29) is 17.8 Å². The predicted octanol–water partition coefficient (Wildman–Crippen LogP) is 4.40. The molecule has 0 amide bonds. The number of hydrogen-bond acceptors (Lipinski definition) is 4. The number of aromatic nitrogens is 2. The average Bonchev–Trinajstić information content (AvgIpc) is 2.95. The molecule has 1 fully saturated rings. The fourth-order valence-corrected chi connectivity index (χ4v) is 4.14. The van der Waals surface area contributed by atoms with Gasteiger partial charge >= 0.3 is 0 Å². The SMILES string of the molecule is CCn1nc(C)c(CN2CCC[C@@H](C(=O)c3cccc(OC(C)C)c3)C2)c1C. The van der Waals surface area contributed by atoms with Crippen molar-refractivity contribution in [1.29, 1.82) is 0 Å². The van der Waals surface area contributed by atoms with Crippen LogP contribution in [0.5, 0.6) is 5.75 Å². The van der Waals surface area contributed by atoms with E-state index < -0.39 is 0 Å². The molecule has 152 valence electrons. The van der Waals surface area contributed by atoms with Crippen molar-refractivity contribution in [2.24, 2.45) is 5.92 Å². The summed E-state index contributed by atoms with van der Waals surface area (Å²) in [5, 5.41) is 4.64. The van der Waals surface area contributed by atoms with Crippen LogP contribution < -0.4 is 4.74 Å². The van der Waals surface area contributed by atoms with Crippen LogP contribution in [-0.4, -0.2) is 39.7 Å². The number of ether oxygens (including phenoxy) is 1. The lowest BCUT2D eigenvalue weighted by Gasteiger charge is -2.32. The molecule has 1 aromatic heterocycles. The molecule has 0 aliphatic carbocycles. The molecule has 1 atom stereocenters. The number of benzene rings is 1. The molecule has 2 heterocycles. The molecule has 1 aliphatic rings. The van der Waals surface area contributed by atoms with Crippen molar-refractivity contribution in [3.8, 4) is 5.75 Å². The maximum absolute atomic E-state index is 13.1. The molecule has 0 bridgehead atoms. The number of rotatable bonds is 7. The van der Waals surface area contributed by atoms with E-state index in [1.54, 1.807) is 0 Å². The summed E-state index contributed by atoms with van der Waals surface area (Å²) in [5.41, 5.74) is 4.41. The Kier molecular flexibility index (Phi) is 6.55. The zero-order chi connectivity index (χ0) is 20.3. The second-order valence-corrected chi connectivity index (χ2v) is 8.10. The fraction of sp³-hybridized carbons (Fsp3) is 0.565. The zero-order valence-corrected chi connectivity index (χ0v) is 17.9. The van der Waals surface area contributed by atoms with E-state index >= 15 is 0 Å². The number of carbonyl (C=O) groups excluding carboxylic acids is 1. The summed E-state index contributed by atoms with van der Waals surface area (Å²) in [6, 6.07) is 7.63. The predicted molar refractivity (Wildman–Crippen MR) is 112 cm³/mol. The quantitative estimate of drug-likeness (QED) is 0.665. The number of hydrogen-bond donors (Lipinski definition) is 0. The summed E-state index contributed by atoms with van der Waals surface area (Å²) in [5.74, 6) is 1.05. The van der Waals surface area contributed by atoms with E-state index in [1.165, 1.54) is 11.3 Å². The summed E-state index contributed by atoms with van der Waals surface area (Å²) < 4.78 is 7.83. The minimum Gasteiger partial charge on any atom is -0.491 e. The Labute approximate surface area is 168 Å². The van der Waals surface area contributed by atoms with E-state index in [9.17, 15) is 4.79 Å². The van der Waals surface area contributed by atoms with Gasteiger partial charge in [0, 0.05) is 42.4 Å². The van der Waals surface area contributed by atoms with Crippen molar-refractivity contribution < 1.29 is 9.53 Å². The van der Waals surface area contributed by atoms with Gasteiger partial charge in [-0.1, -0.05) is 12.1 Å². The van der Waals surface area contributed by atoms with Gasteiger partial charge in [0.05, 0.1) is 11.8 Å². The number of Topliss-reactive ketones (excluding diaryl/α,β-unsaturated/α-hetero) is 1. The molecule has 5 heteroatoms. The number of likely N-dealkylation sites (tertiary alicyclic amines) is 1. The molecule has 0 spiro atoms. The summed E-state index contributed by atoms with van der Waals surface area (Å²) >= 11 is 0. The first-order valence-electron chi connectivity index (χ1n) is 10.4. The highest BCUT2D eigenvalue weighted by Crippen LogP contribution is 2.25. The minimum absolute atomic E-state index is 0.0462. The Morgan fingerprint density at radius 3 is 2.79 bits per heavy atom. The summed E-state index contributed by atoms with van der Waals surface area (Å²) in [6.45, 7) is 14.0. The lowest BCUT2D eigenvalue weighted by atomic mass is 9.89. The molecule has 1 aromatic carbocycles. The normalized spacial score (nSPS) is 17.9. The molecular weight excluding hydrogens is 350 g/mol. The van der Waals surface area contributed by atoms with E-state index in [0.29, 0.717) is 0 Å². The maximum atomic E-state index is 13.1. The molecule has 1 saturated heterocycles. The van der Waals surface area contributed by atoms with Crippen molar-refractivity contribution in [3.63, 3.8) is 0 Å². The molecule has 3 rings (SSSR count). The van der Waals surface area contributed by atoms with Crippen LogP contribution in [0.1, 0.15) is 60.9 Å². The standard InChI is InChI=1S/C23H33N3O2/c1-6-26-18(5)22(17(4)24-26)15-25-12-8-10-20(14-25)23(27)19-9-7-11-21(13-19)28-16(2)3/h7,9,11,13,16,20H,6,8,10,12,14-15H2,1-5H3/t20-/m1/s1. The number of piperidine rings is 1. The summed E-state index contributed by atoms with van der Waals surface area (Å²) in [4.78, 5) is 15.5. The van der Waals surface area contributed by atoms with E-state index in [2.05, 4.69) is 35.5 Å². The van der Waals surface area contributed by atoms with Crippen molar-refractivity contribution in [2.45, 2.75) is 66.7 Å². The first kappa shape index (κ1) is 20.6. The molecular formula is C23H33N3O2. The van der Waals surface area contributed by atoms with Crippen molar-refractivity contribution in [2.75, 3.05) is 13.1 Å². The highest BCUT2D eigenvalue weighted by Gasteiger charge is 2.28. The second kappa shape index (κ2) is 8.91. The van der Waals surface area contributed by atoms with Gasteiger partial charge < -0.3 is 4.74 Å². The summed E-state index contributed by atoms with van der Waals surface area (Å²) in [7, 11) is 0. The monoisotopic (exact) mass is 383 g/mol. The Morgan fingerprint density at radius 2 is 2.11 bits per heavy atom. The smallest absolute Gasteiger partial charge is 0.167 e. The Balaban J connectivity index is 1.69. The van der Waals surface area contributed by atoms with Gasteiger partial charge in [-0.2, -0.15) is 5.10 Å². The van der Waals surface area contributed by atoms with Crippen molar-refractivity contribution >= 4 is 5.78 Å². The van der Waals surface area contributed by atoms with Gasteiger partial charge in [-0.15, -0.1) is 0 Å². The number of aryl methyl sites for hydroxylation is 2. The van der Waals surface area contributed by atoms with Crippen LogP contribution in [0.15, 0.2) is 24.3 Å². The van der Waals surface area contributed by atoms with Gasteiger partial charge in [-0.05, 0) is 66.1 Å². The first-order chi connectivity index (χ1) is 13.4. The van der Waals surface area contributed by atoms with Crippen LogP contribution in [0, 0.1) is 19.8 Å². The van der Waals surface area contributed by atoms with Crippen LogP contribution in [0.2, 0.25) is 0 Å². The van der Waals surface area contributed by atoms with Gasteiger partial charge in [0.25, 0.3) is 0 Å². The van der Waals surface area contributed by atoms with Crippen LogP contribution in [-0.2, 0) is 13.1 Å². The lowest BCUT2D eigenvalue weighted by molar-refractivity contribution is 0.0810. The van der Waals surface area contributed by atoms with Gasteiger partial charge in [0.15, 0.2) is 5.78 Å². The maximum Gasteiger partial charge on any atom is 0.167 e. The Hall–Kier alpha value is -2.14. The van der Waals surface area contributed by atoms with E-state index in [0.717, 1.165) is 56.0 Å². The highest BCUT2D eigenvalue weighted by molar-refractivity contribution is 5.98. The third kappa shape index (κ3) is 4.64. The molecule has 1 aliphatic heterocycles.